The number of hydrogen-bond donors (Lipinski definition) is 1. The third-order valence-electron chi connectivity index (χ3n) is 4.71. The second-order valence-corrected chi connectivity index (χ2v) is 7.80. The first kappa shape index (κ1) is 19.2. The van der Waals surface area contributed by atoms with Gasteiger partial charge in [0.25, 0.3) is 11.6 Å². The van der Waals surface area contributed by atoms with Gasteiger partial charge in [0.15, 0.2) is 0 Å². The minimum atomic E-state index is -0.419. The van der Waals surface area contributed by atoms with E-state index in [1.807, 2.05) is 31.2 Å². The van der Waals surface area contributed by atoms with Crippen molar-refractivity contribution in [1.29, 1.82) is 0 Å². The fraction of sp³-hybridized carbons (Fsp3) is 0.444. The molecule has 1 aromatic carbocycles. The molecular formula is C18H23N5O3S. The molecule has 27 heavy (non-hydrogen) atoms. The van der Waals surface area contributed by atoms with Crippen LogP contribution in [0.5, 0.6) is 0 Å². The Hall–Kier alpha value is -2.52. The van der Waals surface area contributed by atoms with Gasteiger partial charge in [0, 0.05) is 43.2 Å². The average Bonchev–Trinajstić information content (AvgIpc) is 3.08. The SMILES string of the molecule is Cc1nc(C(C)NC(=O)c2ccc(N3CCN(C)CC3)c([N+](=O)[O-])c2)cs1. The Morgan fingerprint density at radius 1 is 1.33 bits per heavy atom. The van der Waals surface area contributed by atoms with E-state index in [2.05, 4.69) is 15.2 Å². The first-order valence-corrected chi connectivity index (χ1v) is 9.68. The van der Waals surface area contributed by atoms with Crippen LogP contribution in [0.1, 0.15) is 34.0 Å². The maximum atomic E-state index is 12.6. The Morgan fingerprint density at radius 2 is 2.04 bits per heavy atom. The number of thiazole rings is 1. The Labute approximate surface area is 162 Å². The number of carbonyl (C=O) groups excluding carboxylic acids is 1. The molecule has 1 amide bonds. The number of hydrogen-bond acceptors (Lipinski definition) is 7. The summed E-state index contributed by atoms with van der Waals surface area (Å²) in [4.78, 5) is 32.3. The molecular weight excluding hydrogens is 366 g/mol. The van der Waals surface area contributed by atoms with Gasteiger partial charge in [-0.05, 0) is 33.0 Å². The zero-order valence-corrected chi connectivity index (χ0v) is 16.5. The van der Waals surface area contributed by atoms with E-state index in [4.69, 9.17) is 0 Å². The number of anilines is 1. The molecule has 0 spiro atoms. The van der Waals surface area contributed by atoms with E-state index in [1.54, 1.807) is 12.1 Å². The largest absolute Gasteiger partial charge is 0.363 e. The fourth-order valence-electron chi connectivity index (χ4n) is 3.06. The van der Waals surface area contributed by atoms with Gasteiger partial charge in [0.2, 0.25) is 0 Å². The number of nitro groups is 1. The van der Waals surface area contributed by atoms with Gasteiger partial charge in [-0.2, -0.15) is 0 Å². The first-order chi connectivity index (χ1) is 12.8. The molecule has 1 aliphatic heterocycles. The molecule has 0 radical (unpaired) electrons. The normalized spacial score (nSPS) is 16.2. The van der Waals surface area contributed by atoms with Crippen LogP contribution in [0.15, 0.2) is 23.6 Å². The lowest BCUT2D eigenvalue weighted by atomic mass is 10.1. The summed E-state index contributed by atoms with van der Waals surface area (Å²) >= 11 is 1.52. The van der Waals surface area contributed by atoms with Crippen LogP contribution in [0.4, 0.5) is 11.4 Å². The Balaban J connectivity index is 1.78. The molecule has 9 heteroatoms. The molecule has 0 aliphatic carbocycles. The second kappa shape index (κ2) is 8.01. The third-order valence-corrected chi connectivity index (χ3v) is 5.50. The minimum absolute atomic E-state index is 0.0376. The van der Waals surface area contributed by atoms with Gasteiger partial charge < -0.3 is 15.1 Å². The maximum absolute atomic E-state index is 12.6. The molecule has 1 atom stereocenters. The minimum Gasteiger partial charge on any atom is -0.363 e. The average molecular weight is 389 g/mol. The Bertz CT molecular complexity index is 845. The highest BCUT2D eigenvalue weighted by molar-refractivity contribution is 7.09. The number of amides is 1. The lowest BCUT2D eigenvalue weighted by Crippen LogP contribution is -2.44. The van der Waals surface area contributed by atoms with Crippen molar-refractivity contribution in [3.05, 3.63) is 50.0 Å². The van der Waals surface area contributed by atoms with E-state index in [-0.39, 0.29) is 23.2 Å². The molecule has 8 nitrogen and oxygen atoms in total. The molecule has 0 saturated carbocycles. The summed E-state index contributed by atoms with van der Waals surface area (Å²) in [6.45, 7) is 6.91. The van der Waals surface area contributed by atoms with Crippen molar-refractivity contribution in [2.24, 2.45) is 0 Å². The zero-order chi connectivity index (χ0) is 19.6. The van der Waals surface area contributed by atoms with Gasteiger partial charge in [-0.15, -0.1) is 11.3 Å². The van der Waals surface area contributed by atoms with Gasteiger partial charge in [-0.1, -0.05) is 0 Å². The summed E-state index contributed by atoms with van der Waals surface area (Å²) in [6, 6.07) is 4.42. The number of likely N-dealkylation sites (N-methyl/N-ethyl adjacent to an activating group) is 1. The predicted octanol–water partition coefficient (Wildman–Crippen LogP) is 2.60. The van der Waals surface area contributed by atoms with Gasteiger partial charge in [0.05, 0.1) is 21.7 Å². The summed E-state index contributed by atoms with van der Waals surface area (Å²) in [5.41, 5.74) is 1.59. The van der Waals surface area contributed by atoms with Crippen molar-refractivity contribution < 1.29 is 9.72 Å². The van der Waals surface area contributed by atoms with Gasteiger partial charge >= 0.3 is 0 Å². The molecule has 144 valence electrons. The highest BCUT2D eigenvalue weighted by atomic mass is 32.1. The zero-order valence-electron chi connectivity index (χ0n) is 15.6. The second-order valence-electron chi connectivity index (χ2n) is 6.74. The summed E-state index contributed by atoms with van der Waals surface area (Å²) in [7, 11) is 2.03. The molecule has 2 aromatic rings. The predicted molar refractivity (Wildman–Crippen MR) is 106 cm³/mol. The smallest absolute Gasteiger partial charge is 0.293 e. The summed E-state index contributed by atoms with van der Waals surface area (Å²) in [5, 5.41) is 17.3. The molecule has 0 bridgehead atoms. The van der Waals surface area contributed by atoms with Crippen molar-refractivity contribution in [3.63, 3.8) is 0 Å². The quantitative estimate of drug-likeness (QED) is 0.624. The van der Waals surface area contributed by atoms with E-state index in [9.17, 15) is 14.9 Å². The van der Waals surface area contributed by atoms with Gasteiger partial charge in [0.1, 0.15) is 5.69 Å². The Morgan fingerprint density at radius 3 is 2.63 bits per heavy atom. The number of nitrogens with one attached hydrogen (secondary N) is 1. The van der Waals surface area contributed by atoms with Crippen LogP contribution >= 0.6 is 11.3 Å². The van der Waals surface area contributed by atoms with Crippen molar-refractivity contribution in [2.75, 3.05) is 38.1 Å². The number of nitrogens with zero attached hydrogens (tertiary/aromatic N) is 4. The summed E-state index contributed by atoms with van der Waals surface area (Å²) in [6.07, 6.45) is 0. The number of benzene rings is 1. The van der Waals surface area contributed by atoms with Crippen molar-refractivity contribution >= 4 is 28.6 Å². The number of rotatable bonds is 5. The Kier molecular flexibility index (Phi) is 5.71. The first-order valence-electron chi connectivity index (χ1n) is 8.80. The maximum Gasteiger partial charge on any atom is 0.293 e. The molecule has 1 aromatic heterocycles. The number of carbonyl (C=O) groups is 1. The third kappa shape index (κ3) is 4.42. The van der Waals surface area contributed by atoms with Crippen molar-refractivity contribution in [3.8, 4) is 0 Å². The van der Waals surface area contributed by atoms with E-state index in [1.165, 1.54) is 17.4 Å². The fourth-order valence-corrected chi connectivity index (χ4v) is 3.76. The standard InChI is InChI=1S/C18H23N5O3S/c1-12(15-11-27-13(2)20-15)19-18(24)14-4-5-16(17(10-14)23(25)26)22-8-6-21(3)7-9-22/h4-5,10-12H,6-9H2,1-3H3,(H,19,24). The molecule has 2 heterocycles. The number of piperazine rings is 1. The van der Waals surface area contributed by atoms with E-state index in [0.717, 1.165) is 36.9 Å². The van der Waals surface area contributed by atoms with Crippen LogP contribution in [-0.2, 0) is 0 Å². The lowest BCUT2D eigenvalue weighted by Gasteiger charge is -2.33. The molecule has 1 aliphatic rings. The lowest BCUT2D eigenvalue weighted by molar-refractivity contribution is -0.384. The molecule has 1 unspecified atom stereocenters. The van der Waals surface area contributed by atoms with Crippen molar-refractivity contribution in [2.45, 2.75) is 19.9 Å². The van der Waals surface area contributed by atoms with Gasteiger partial charge in [-0.25, -0.2) is 4.98 Å². The van der Waals surface area contributed by atoms with Gasteiger partial charge in [-0.3, -0.25) is 14.9 Å². The number of aryl methyl sites for hydroxylation is 1. The van der Waals surface area contributed by atoms with E-state index < -0.39 is 4.92 Å². The van der Waals surface area contributed by atoms with E-state index >= 15 is 0 Å². The number of aromatic nitrogens is 1. The van der Waals surface area contributed by atoms with Crippen LogP contribution < -0.4 is 10.2 Å². The molecule has 1 fully saturated rings. The highest BCUT2D eigenvalue weighted by Crippen LogP contribution is 2.30. The monoisotopic (exact) mass is 389 g/mol. The summed E-state index contributed by atoms with van der Waals surface area (Å²) in [5.74, 6) is -0.346. The van der Waals surface area contributed by atoms with Crippen LogP contribution in [0, 0.1) is 17.0 Å². The molecule has 3 rings (SSSR count). The van der Waals surface area contributed by atoms with Crippen molar-refractivity contribution in [1.82, 2.24) is 15.2 Å². The number of nitro benzene ring substituents is 1. The van der Waals surface area contributed by atoms with Crippen LogP contribution in [-0.4, -0.2) is 53.9 Å². The van der Waals surface area contributed by atoms with Crippen LogP contribution in [0.3, 0.4) is 0 Å². The van der Waals surface area contributed by atoms with Crippen LogP contribution in [0.2, 0.25) is 0 Å². The van der Waals surface area contributed by atoms with E-state index in [0.29, 0.717) is 5.69 Å². The molecule has 1 N–H and O–H groups in total. The van der Waals surface area contributed by atoms with Crippen LogP contribution in [0.25, 0.3) is 0 Å². The summed E-state index contributed by atoms with van der Waals surface area (Å²) < 4.78 is 0. The topological polar surface area (TPSA) is 91.6 Å². The molecule has 1 saturated heterocycles. The highest BCUT2D eigenvalue weighted by Gasteiger charge is 2.24.